The molecule has 24 heavy (non-hydrogen) atoms. The second-order valence-electron chi connectivity index (χ2n) is 5.26. The first-order chi connectivity index (χ1) is 11.5. The zero-order valence-corrected chi connectivity index (χ0v) is 12.8. The number of amides is 2. The number of benzene rings is 2. The second-order valence-corrected chi connectivity index (χ2v) is 5.26. The van der Waals surface area contributed by atoms with Gasteiger partial charge >= 0.3 is 0 Å². The van der Waals surface area contributed by atoms with Crippen molar-refractivity contribution in [2.24, 2.45) is 0 Å². The van der Waals surface area contributed by atoms with Crippen molar-refractivity contribution in [1.29, 1.82) is 0 Å². The minimum atomic E-state index is -0.910. The third-order valence-electron chi connectivity index (χ3n) is 3.67. The standard InChI is InChI=1S/C17H14F2N2O3/c1-20-16(22)15-9-21(13-4-2-3-5-14(13)24-15)17(23)10-6-11(18)8-12(19)7-10/h2-8,15H,9H2,1H3,(H,20,22). The molecule has 124 valence electrons. The highest BCUT2D eigenvalue weighted by atomic mass is 19.1. The van der Waals surface area contributed by atoms with Gasteiger partial charge < -0.3 is 15.0 Å². The summed E-state index contributed by atoms with van der Waals surface area (Å²) < 4.78 is 32.4. The Morgan fingerprint density at radius 3 is 2.50 bits per heavy atom. The Labute approximate surface area is 136 Å². The molecule has 0 saturated carbocycles. The molecule has 1 N–H and O–H groups in total. The Morgan fingerprint density at radius 1 is 1.17 bits per heavy atom. The van der Waals surface area contributed by atoms with Gasteiger partial charge in [0.05, 0.1) is 12.2 Å². The van der Waals surface area contributed by atoms with Crippen LogP contribution in [-0.2, 0) is 4.79 Å². The van der Waals surface area contributed by atoms with Gasteiger partial charge in [-0.2, -0.15) is 0 Å². The van der Waals surface area contributed by atoms with Crippen LogP contribution in [0.4, 0.5) is 14.5 Å². The lowest BCUT2D eigenvalue weighted by Crippen LogP contribution is -2.50. The van der Waals surface area contributed by atoms with Crippen molar-refractivity contribution in [1.82, 2.24) is 5.32 Å². The summed E-state index contributed by atoms with van der Waals surface area (Å²) in [5.74, 6) is -2.35. The van der Waals surface area contributed by atoms with E-state index < -0.39 is 29.6 Å². The van der Waals surface area contributed by atoms with Gasteiger partial charge in [-0.15, -0.1) is 0 Å². The largest absolute Gasteiger partial charge is 0.477 e. The van der Waals surface area contributed by atoms with Crippen molar-refractivity contribution in [3.8, 4) is 5.75 Å². The summed E-state index contributed by atoms with van der Waals surface area (Å²) in [5, 5.41) is 2.46. The van der Waals surface area contributed by atoms with Crippen molar-refractivity contribution < 1.29 is 23.1 Å². The molecule has 0 fully saturated rings. The number of carbonyl (C=O) groups excluding carboxylic acids is 2. The van der Waals surface area contributed by atoms with E-state index in [1.54, 1.807) is 24.3 Å². The van der Waals surface area contributed by atoms with Crippen LogP contribution in [0.5, 0.6) is 5.75 Å². The number of fused-ring (bicyclic) bond motifs is 1. The van der Waals surface area contributed by atoms with Gasteiger partial charge in [-0.3, -0.25) is 9.59 Å². The number of ether oxygens (including phenoxy) is 1. The zero-order valence-electron chi connectivity index (χ0n) is 12.8. The van der Waals surface area contributed by atoms with Gasteiger partial charge in [0.2, 0.25) is 0 Å². The number of carbonyl (C=O) groups is 2. The number of likely N-dealkylation sites (N-methyl/N-ethyl adjacent to an activating group) is 1. The second kappa shape index (κ2) is 6.27. The number of nitrogens with one attached hydrogen (secondary N) is 1. The zero-order chi connectivity index (χ0) is 17.3. The van der Waals surface area contributed by atoms with Gasteiger partial charge in [-0.25, -0.2) is 8.78 Å². The molecule has 1 atom stereocenters. The molecule has 1 aliphatic rings. The molecule has 1 heterocycles. The minimum absolute atomic E-state index is 0.0619. The minimum Gasteiger partial charge on any atom is -0.477 e. The monoisotopic (exact) mass is 332 g/mol. The summed E-state index contributed by atoms with van der Waals surface area (Å²) in [5.41, 5.74) is 0.298. The number of halogens is 2. The third-order valence-corrected chi connectivity index (χ3v) is 3.67. The molecular formula is C17H14F2N2O3. The quantitative estimate of drug-likeness (QED) is 0.916. The number of nitrogens with zero attached hydrogens (tertiary/aromatic N) is 1. The Kier molecular flexibility index (Phi) is 4.16. The average molecular weight is 332 g/mol. The fraction of sp³-hybridized carbons (Fsp3) is 0.176. The summed E-state index contributed by atoms with van der Waals surface area (Å²) in [6.45, 7) is -0.0619. The maximum Gasteiger partial charge on any atom is 0.262 e. The van der Waals surface area contributed by atoms with Crippen LogP contribution < -0.4 is 15.0 Å². The predicted octanol–water partition coefficient (Wildman–Crippen LogP) is 2.12. The normalized spacial score (nSPS) is 16.1. The van der Waals surface area contributed by atoms with Crippen LogP contribution in [0.1, 0.15) is 10.4 Å². The molecule has 7 heteroatoms. The summed E-state index contributed by atoms with van der Waals surface area (Å²) in [4.78, 5) is 25.9. The molecule has 5 nitrogen and oxygen atoms in total. The fourth-order valence-electron chi connectivity index (χ4n) is 2.56. The molecule has 3 rings (SSSR count). The molecule has 2 amide bonds. The predicted molar refractivity (Wildman–Crippen MR) is 83.0 cm³/mol. The van der Waals surface area contributed by atoms with Crippen LogP contribution in [0.15, 0.2) is 42.5 Å². The molecule has 2 aromatic carbocycles. The van der Waals surface area contributed by atoms with Crippen LogP contribution in [0, 0.1) is 11.6 Å². The van der Waals surface area contributed by atoms with Crippen molar-refractivity contribution in [3.63, 3.8) is 0 Å². The highest BCUT2D eigenvalue weighted by Gasteiger charge is 2.33. The van der Waals surface area contributed by atoms with Gasteiger partial charge in [-0.1, -0.05) is 12.1 Å². The Morgan fingerprint density at radius 2 is 1.83 bits per heavy atom. The molecule has 0 aromatic heterocycles. The van der Waals surface area contributed by atoms with Crippen molar-refractivity contribution >= 4 is 17.5 Å². The number of anilines is 1. The molecule has 0 bridgehead atoms. The number of para-hydroxylation sites is 2. The van der Waals surface area contributed by atoms with Gasteiger partial charge in [0.25, 0.3) is 11.8 Å². The molecule has 0 aliphatic carbocycles. The first-order valence-corrected chi connectivity index (χ1v) is 7.25. The molecule has 0 spiro atoms. The topological polar surface area (TPSA) is 58.6 Å². The molecular weight excluding hydrogens is 318 g/mol. The molecule has 1 unspecified atom stereocenters. The smallest absolute Gasteiger partial charge is 0.262 e. The van der Waals surface area contributed by atoms with E-state index in [0.717, 1.165) is 12.1 Å². The Bertz CT molecular complexity index is 790. The fourth-order valence-corrected chi connectivity index (χ4v) is 2.56. The molecule has 0 saturated heterocycles. The summed E-state index contributed by atoms with van der Waals surface area (Å²) in [7, 11) is 1.46. The van der Waals surface area contributed by atoms with E-state index in [-0.39, 0.29) is 12.1 Å². The third kappa shape index (κ3) is 2.92. The number of hydrogen-bond acceptors (Lipinski definition) is 3. The van der Waals surface area contributed by atoms with E-state index in [9.17, 15) is 18.4 Å². The molecule has 1 aliphatic heterocycles. The lowest BCUT2D eigenvalue weighted by Gasteiger charge is -2.34. The Hall–Kier alpha value is -2.96. The van der Waals surface area contributed by atoms with Crippen LogP contribution >= 0.6 is 0 Å². The van der Waals surface area contributed by atoms with Gasteiger partial charge in [0, 0.05) is 18.7 Å². The Balaban J connectivity index is 2.01. The van der Waals surface area contributed by atoms with Crippen molar-refractivity contribution in [2.45, 2.75) is 6.10 Å². The number of rotatable bonds is 2. The maximum absolute atomic E-state index is 13.4. The van der Waals surface area contributed by atoms with Crippen molar-refractivity contribution in [2.75, 3.05) is 18.5 Å². The SMILES string of the molecule is CNC(=O)C1CN(C(=O)c2cc(F)cc(F)c2)c2ccccc2O1. The lowest BCUT2D eigenvalue weighted by atomic mass is 10.1. The van der Waals surface area contributed by atoms with Crippen LogP contribution in [0.3, 0.4) is 0 Å². The number of hydrogen-bond donors (Lipinski definition) is 1. The van der Waals surface area contributed by atoms with E-state index >= 15 is 0 Å². The highest BCUT2D eigenvalue weighted by Crippen LogP contribution is 2.34. The van der Waals surface area contributed by atoms with E-state index in [0.29, 0.717) is 17.5 Å². The maximum atomic E-state index is 13.4. The van der Waals surface area contributed by atoms with Crippen LogP contribution in [-0.4, -0.2) is 31.5 Å². The van der Waals surface area contributed by atoms with Crippen LogP contribution in [0.2, 0.25) is 0 Å². The average Bonchev–Trinajstić information content (AvgIpc) is 2.58. The van der Waals surface area contributed by atoms with Crippen LogP contribution in [0.25, 0.3) is 0 Å². The van der Waals surface area contributed by atoms with Crippen molar-refractivity contribution in [3.05, 3.63) is 59.7 Å². The molecule has 0 radical (unpaired) electrons. The highest BCUT2D eigenvalue weighted by molar-refractivity contribution is 6.07. The molecule has 2 aromatic rings. The first-order valence-electron chi connectivity index (χ1n) is 7.25. The van der Waals surface area contributed by atoms with E-state index in [2.05, 4.69) is 5.32 Å². The van der Waals surface area contributed by atoms with Gasteiger partial charge in [-0.05, 0) is 24.3 Å². The van der Waals surface area contributed by atoms with Gasteiger partial charge in [0.1, 0.15) is 17.4 Å². The van der Waals surface area contributed by atoms with E-state index in [1.807, 2.05) is 0 Å². The van der Waals surface area contributed by atoms with E-state index in [1.165, 1.54) is 11.9 Å². The summed E-state index contributed by atoms with van der Waals surface area (Å²) >= 11 is 0. The summed E-state index contributed by atoms with van der Waals surface area (Å²) in [6, 6.07) is 9.28. The first kappa shape index (κ1) is 15.9. The lowest BCUT2D eigenvalue weighted by molar-refractivity contribution is -0.127. The van der Waals surface area contributed by atoms with Gasteiger partial charge in [0.15, 0.2) is 6.10 Å². The van der Waals surface area contributed by atoms with E-state index in [4.69, 9.17) is 4.74 Å². The summed E-state index contributed by atoms with van der Waals surface area (Å²) in [6.07, 6.45) is -0.910.